The van der Waals surface area contributed by atoms with Gasteiger partial charge in [-0.25, -0.2) is 4.79 Å². The summed E-state index contributed by atoms with van der Waals surface area (Å²) in [6, 6.07) is 0.816. The van der Waals surface area contributed by atoms with Crippen molar-refractivity contribution >= 4 is 16.8 Å². The molecule has 2 amide bonds. The molecule has 122 valence electrons. The first kappa shape index (κ1) is 16.8. The third-order valence-corrected chi connectivity index (χ3v) is 6.77. The van der Waals surface area contributed by atoms with E-state index in [1.807, 2.05) is 20.8 Å². The highest BCUT2D eigenvalue weighted by Gasteiger charge is 2.42. The molecule has 1 N–H and O–H groups in total. The Bertz CT molecular complexity index is 406. The number of likely N-dealkylation sites (tertiary alicyclic amines) is 1. The van der Waals surface area contributed by atoms with Crippen LogP contribution in [0.1, 0.15) is 59.8 Å². The lowest BCUT2D eigenvalue weighted by Crippen LogP contribution is -2.48. The summed E-state index contributed by atoms with van der Waals surface area (Å²) in [5, 5.41) is 2.98. The van der Waals surface area contributed by atoms with Crippen LogP contribution < -0.4 is 5.32 Å². The monoisotopic (exact) mass is 314 g/mol. The molecule has 2 rings (SSSR count). The van der Waals surface area contributed by atoms with Gasteiger partial charge in [0.25, 0.3) is 0 Å². The summed E-state index contributed by atoms with van der Waals surface area (Å²) in [4.78, 5) is 14.5. The number of hydrogen-bond donors (Lipinski definition) is 1. The summed E-state index contributed by atoms with van der Waals surface area (Å²) in [7, 11) is -0.905. The van der Waals surface area contributed by atoms with E-state index in [2.05, 4.69) is 17.1 Å². The number of hydrogen-bond acceptors (Lipinski definition) is 2. The summed E-state index contributed by atoms with van der Waals surface area (Å²) in [5.41, 5.74) is 0. The summed E-state index contributed by atoms with van der Waals surface area (Å²) < 4.78 is 11.8. The molecule has 1 saturated carbocycles. The fourth-order valence-corrected chi connectivity index (χ4v) is 4.61. The Morgan fingerprint density at radius 3 is 2.62 bits per heavy atom. The highest BCUT2D eigenvalue weighted by atomic mass is 32.2. The Kier molecular flexibility index (Phi) is 5.33. The van der Waals surface area contributed by atoms with Crippen LogP contribution >= 0.6 is 0 Å². The van der Waals surface area contributed by atoms with Crippen molar-refractivity contribution in [1.29, 1.82) is 0 Å². The van der Waals surface area contributed by atoms with Gasteiger partial charge in [0, 0.05) is 39.9 Å². The fourth-order valence-electron chi connectivity index (χ4n) is 3.71. The minimum Gasteiger partial charge on any atom is -0.337 e. The third kappa shape index (κ3) is 3.99. The molecule has 2 fully saturated rings. The molecule has 1 aliphatic heterocycles. The van der Waals surface area contributed by atoms with Gasteiger partial charge in [-0.1, -0.05) is 12.8 Å². The number of carbonyl (C=O) groups is 1. The third-order valence-electron chi connectivity index (χ3n) is 4.83. The van der Waals surface area contributed by atoms with Gasteiger partial charge in [-0.2, -0.15) is 0 Å². The van der Waals surface area contributed by atoms with E-state index in [0.717, 1.165) is 12.8 Å². The molecular formula is C16H30N2O2S. The summed E-state index contributed by atoms with van der Waals surface area (Å²) in [6.07, 6.45) is 6.12. The van der Waals surface area contributed by atoms with E-state index in [4.69, 9.17) is 0 Å². The maximum absolute atomic E-state index is 12.5. The zero-order valence-electron chi connectivity index (χ0n) is 13.9. The van der Waals surface area contributed by atoms with Gasteiger partial charge in [0.15, 0.2) is 0 Å². The number of urea groups is 1. The van der Waals surface area contributed by atoms with Gasteiger partial charge in [-0.3, -0.25) is 4.21 Å². The maximum Gasteiger partial charge on any atom is 0.317 e. The molecule has 0 aromatic heterocycles. The van der Waals surface area contributed by atoms with Crippen LogP contribution in [-0.2, 0) is 10.8 Å². The molecule has 4 nitrogen and oxygen atoms in total. The number of fused-ring (bicyclic) bond motifs is 1. The van der Waals surface area contributed by atoms with Crippen molar-refractivity contribution in [3.8, 4) is 0 Å². The highest BCUT2D eigenvalue weighted by molar-refractivity contribution is 7.86. The first-order valence-electron chi connectivity index (χ1n) is 8.25. The molecule has 4 atom stereocenters. The van der Waals surface area contributed by atoms with Crippen molar-refractivity contribution in [3.63, 3.8) is 0 Å². The lowest BCUT2D eigenvalue weighted by molar-refractivity contribution is 0.156. The smallest absolute Gasteiger partial charge is 0.317 e. The minimum atomic E-state index is -0.905. The molecule has 21 heavy (non-hydrogen) atoms. The molecule has 0 aromatic carbocycles. The van der Waals surface area contributed by atoms with E-state index in [0.29, 0.717) is 30.3 Å². The summed E-state index contributed by atoms with van der Waals surface area (Å²) in [6.45, 7) is 8.58. The average molecular weight is 314 g/mol. The Morgan fingerprint density at radius 1 is 1.29 bits per heavy atom. The van der Waals surface area contributed by atoms with Crippen LogP contribution in [0, 0.1) is 5.92 Å². The van der Waals surface area contributed by atoms with Gasteiger partial charge < -0.3 is 10.2 Å². The summed E-state index contributed by atoms with van der Waals surface area (Å²) >= 11 is 0. The van der Waals surface area contributed by atoms with Crippen molar-refractivity contribution < 1.29 is 9.00 Å². The topological polar surface area (TPSA) is 49.4 Å². The Labute approximate surface area is 131 Å². The van der Waals surface area contributed by atoms with Gasteiger partial charge >= 0.3 is 6.03 Å². The zero-order valence-corrected chi connectivity index (χ0v) is 14.7. The van der Waals surface area contributed by atoms with E-state index >= 15 is 0 Å². The van der Waals surface area contributed by atoms with Gasteiger partial charge in [-0.05, 0) is 52.9 Å². The van der Waals surface area contributed by atoms with E-state index in [1.165, 1.54) is 19.3 Å². The molecule has 2 aliphatic rings. The number of rotatable bonds is 3. The van der Waals surface area contributed by atoms with Crippen molar-refractivity contribution in [2.75, 3.05) is 12.3 Å². The maximum atomic E-state index is 12.5. The standard InChI is InChI=1S/C16H30N2O2S/c1-12-11-13-7-5-6-8-14(13)18(12)15(19)17-9-10-21(20)16(2,3)4/h12-14H,5-11H2,1-4H3,(H,17,19)/t12-,13+,14-,21+/m1/s1. The largest absolute Gasteiger partial charge is 0.337 e. The van der Waals surface area contributed by atoms with Crippen LogP contribution in [0.25, 0.3) is 0 Å². The van der Waals surface area contributed by atoms with Crippen molar-refractivity contribution in [1.82, 2.24) is 10.2 Å². The fraction of sp³-hybridized carbons (Fsp3) is 0.938. The molecule has 0 unspecified atom stereocenters. The number of amides is 2. The molecule has 1 aliphatic carbocycles. The van der Waals surface area contributed by atoms with Crippen LogP contribution in [-0.4, -0.2) is 44.3 Å². The number of nitrogens with zero attached hydrogens (tertiary/aromatic N) is 1. The zero-order chi connectivity index (χ0) is 15.6. The molecule has 0 spiro atoms. The van der Waals surface area contributed by atoms with Crippen molar-refractivity contribution in [2.45, 2.75) is 76.6 Å². The van der Waals surface area contributed by atoms with Gasteiger partial charge in [-0.15, -0.1) is 0 Å². The number of nitrogens with one attached hydrogen (secondary N) is 1. The van der Waals surface area contributed by atoms with Crippen molar-refractivity contribution in [3.05, 3.63) is 0 Å². The van der Waals surface area contributed by atoms with E-state index < -0.39 is 10.8 Å². The first-order valence-corrected chi connectivity index (χ1v) is 9.57. The molecule has 0 radical (unpaired) electrons. The second kappa shape index (κ2) is 6.67. The predicted molar refractivity (Wildman–Crippen MR) is 87.8 cm³/mol. The van der Waals surface area contributed by atoms with Crippen LogP contribution in [0.2, 0.25) is 0 Å². The second-order valence-corrected chi connectivity index (χ2v) is 9.82. The van der Waals surface area contributed by atoms with E-state index in [9.17, 15) is 9.00 Å². The first-order chi connectivity index (χ1) is 9.80. The van der Waals surface area contributed by atoms with Crippen LogP contribution in [0.4, 0.5) is 4.79 Å². The highest BCUT2D eigenvalue weighted by Crippen LogP contribution is 2.39. The summed E-state index contributed by atoms with van der Waals surface area (Å²) in [5.74, 6) is 1.23. The molecule has 0 bridgehead atoms. The van der Waals surface area contributed by atoms with Crippen LogP contribution in [0.3, 0.4) is 0 Å². The Hall–Kier alpha value is -0.580. The Balaban J connectivity index is 1.84. The molecular weight excluding hydrogens is 284 g/mol. The normalized spacial score (nSPS) is 30.9. The Morgan fingerprint density at radius 2 is 1.95 bits per heavy atom. The lowest BCUT2D eigenvalue weighted by atomic mass is 9.85. The van der Waals surface area contributed by atoms with Gasteiger partial charge in [0.2, 0.25) is 0 Å². The minimum absolute atomic E-state index is 0.0443. The van der Waals surface area contributed by atoms with Gasteiger partial charge in [0.1, 0.15) is 0 Å². The van der Waals surface area contributed by atoms with E-state index in [-0.39, 0.29) is 10.8 Å². The average Bonchev–Trinajstić information content (AvgIpc) is 2.73. The predicted octanol–water partition coefficient (Wildman–Crippen LogP) is 2.90. The van der Waals surface area contributed by atoms with Gasteiger partial charge in [0.05, 0.1) is 0 Å². The van der Waals surface area contributed by atoms with E-state index in [1.54, 1.807) is 0 Å². The molecule has 1 saturated heterocycles. The second-order valence-electron chi connectivity index (χ2n) is 7.50. The van der Waals surface area contributed by atoms with Crippen LogP contribution in [0.15, 0.2) is 0 Å². The lowest BCUT2D eigenvalue weighted by Gasteiger charge is -2.33. The SMILES string of the molecule is C[C@@H]1C[C@@H]2CCCC[C@H]2N1C(=O)NCC[S@](=O)C(C)(C)C. The number of carbonyl (C=O) groups excluding carboxylic acids is 1. The molecule has 0 aromatic rings. The molecule has 1 heterocycles. The quantitative estimate of drug-likeness (QED) is 0.871. The molecule has 5 heteroatoms. The van der Waals surface area contributed by atoms with Crippen molar-refractivity contribution in [2.24, 2.45) is 5.92 Å². The van der Waals surface area contributed by atoms with Crippen LogP contribution in [0.5, 0.6) is 0 Å².